The Balaban J connectivity index is 0.000000353. The fourth-order valence-electron chi connectivity index (χ4n) is 4.68. The molecule has 8 nitrogen and oxygen atoms in total. The van der Waals surface area contributed by atoms with Crippen molar-refractivity contribution in [3.8, 4) is 5.88 Å². The molecule has 0 spiro atoms. The summed E-state index contributed by atoms with van der Waals surface area (Å²) in [4.78, 5) is 29.3. The molecule has 1 amide bonds. The molecule has 2 heterocycles. The molecule has 2 aliphatic rings. The van der Waals surface area contributed by atoms with Gasteiger partial charge in [-0.2, -0.15) is 0 Å². The molecule has 0 unspecified atom stereocenters. The van der Waals surface area contributed by atoms with Crippen molar-refractivity contribution in [2.24, 2.45) is 11.8 Å². The number of amides is 1. The van der Waals surface area contributed by atoms with E-state index in [0.717, 1.165) is 31.2 Å². The number of nitrogens with zero attached hydrogens (tertiary/aromatic N) is 2. The third-order valence-corrected chi connectivity index (χ3v) is 7.14. The molecule has 1 saturated carbocycles. The molecule has 1 aromatic heterocycles. The number of aliphatic carboxylic acids is 1. The highest BCUT2D eigenvalue weighted by Gasteiger charge is 2.32. The second-order valence-corrected chi connectivity index (χ2v) is 12.0. The average Bonchev–Trinajstić information content (AvgIpc) is 3.71. The number of benzene rings is 1. The number of quaternary nitrogens is 1. The van der Waals surface area contributed by atoms with Crippen molar-refractivity contribution in [1.82, 2.24) is 9.88 Å². The van der Waals surface area contributed by atoms with Gasteiger partial charge in [-0.15, -0.1) is 0 Å². The largest absolute Gasteiger partial charge is 0.550 e. The number of likely N-dealkylation sites (tertiary alicyclic amines) is 1. The van der Waals surface area contributed by atoms with Gasteiger partial charge in [0, 0.05) is 36.9 Å². The highest BCUT2D eigenvalue weighted by Crippen LogP contribution is 2.44. The van der Waals surface area contributed by atoms with Gasteiger partial charge in [-0.1, -0.05) is 29.8 Å². The second kappa shape index (κ2) is 13.8. The van der Waals surface area contributed by atoms with Crippen molar-refractivity contribution < 1.29 is 29.9 Å². The molecule has 0 radical (unpaired) electrons. The number of rotatable bonds is 8. The minimum Gasteiger partial charge on any atom is -0.550 e. The maximum atomic E-state index is 12.2. The van der Waals surface area contributed by atoms with Gasteiger partial charge >= 0.3 is 6.09 Å². The van der Waals surface area contributed by atoms with Crippen LogP contribution in [0.2, 0.25) is 0 Å². The number of carboxylic acids is 1. The Bertz CT molecular complexity index is 1070. The van der Waals surface area contributed by atoms with Crippen LogP contribution < -0.4 is 15.6 Å². The number of piperidine rings is 1. The molecule has 1 aliphatic heterocycles. The van der Waals surface area contributed by atoms with Crippen molar-refractivity contribution in [1.29, 1.82) is 0 Å². The van der Waals surface area contributed by atoms with Gasteiger partial charge in [0.05, 0.1) is 6.61 Å². The predicted octanol–water partition coefficient (Wildman–Crippen LogP) is 4.04. The number of hydrogen-bond donors (Lipinski definition) is 1. The summed E-state index contributed by atoms with van der Waals surface area (Å²) >= 11 is 0. The van der Waals surface area contributed by atoms with Crippen LogP contribution in [0.3, 0.4) is 0 Å². The fourth-order valence-corrected chi connectivity index (χ4v) is 4.68. The number of carbonyl (C=O) groups excluding carboxylic acids is 2. The first-order valence-electron chi connectivity index (χ1n) is 14.1. The van der Waals surface area contributed by atoms with Gasteiger partial charge in [0.2, 0.25) is 5.88 Å². The summed E-state index contributed by atoms with van der Waals surface area (Å²) in [6.45, 7) is 11.7. The maximum absolute atomic E-state index is 12.2. The molecule has 3 N–H and O–H groups in total. The van der Waals surface area contributed by atoms with Gasteiger partial charge in [0.25, 0.3) is 0 Å². The number of aryl methyl sites for hydroxylation is 1. The smallest absolute Gasteiger partial charge is 0.410 e. The van der Waals surface area contributed by atoms with E-state index >= 15 is 0 Å². The van der Waals surface area contributed by atoms with E-state index in [-0.39, 0.29) is 18.4 Å². The van der Waals surface area contributed by atoms with E-state index in [0.29, 0.717) is 43.5 Å². The molecule has 2 aromatic rings. The van der Waals surface area contributed by atoms with Gasteiger partial charge in [-0.25, -0.2) is 9.78 Å². The van der Waals surface area contributed by atoms with Gasteiger partial charge in [-0.05, 0) is 96.1 Å². The molecular formula is C31H45N3O5. The zero-order chi connectivity index (χ0) is 28.6. The zero-order valence-corrected chi connectivity index (χ0v) is 24.2. The number of ether oxygens (including phenoxy) is 2. The predicted molar refractivity (Wildman–Crippen MR) is 148 cm³/mol. The Hall–Kier alpha value is -3.13. The van der Waals surface area contributed by atoms with Crippen LogP contribution in [-0.2, 0) is 9.53 Å². The summed E-state index contributed by atoms with van der Waals surface area (Å²) in [6, 6.07) is 12.6. The Morgan fingerprint density at radius 2 is 1.72 bits per heavy atom. The van der Waals surface area contributed by atoms with Crippen LogP contribution in [0, 0.1) is 18.8 Å². The molecular weight excluding hydrogens is 494 g/mol. The van der Waals surface area contributed by atoms with Gasteiger partial charge in [0.1, 0.15) is 11.6 Å². The summed E-state index contributed by atoms with van der Waals surface area (Å²) in [5.41, 5.74) is 7.04. The quantitative estimate of drug-likeness (QED) is 0.541. The summed E-state index contributed by atoms with van der Waals surface area (Å²) in [5.74, 6) is 0.253. The van der Waals surface area contributed by atoms with E-state index in [2.05, 4.69) is 48.8 Å². The minimum atomic E-state index is -1.02. The van der Waals surface area contributed by atoms with Crippen LogP contribution in [0.15, 0.2) is 42.6 Å². The number of pyridine rings is 1. The molecule has 1 aromatic carbocycles. The zero-order valence-electron chi connectivity index (χ0n) is 24.2. The van der Waals surface area contributed by atoms with E-state index < -0.39 is 11.6 Å². The van der Waals surface area contributed by atoms with Crippen LogP contribution in [0.25, 0.3) is 0 Å². The highest BCUT2D eigenvalue weighted by atomic mass is 16.6. The summed E-state index contributed by atoms with van der Waals surface area (Å²) in [7, 11) is 0. The Morgan fingerprint density at radius 3 is 2.26 bits per heavy atom. The summed E-state index contributed by atoms with van der Waals surface area (Å²) < 4.78 is 11.3. The van der Waals surface area contributed by atoms with Gasteiger partial charge in [0.15, 0.2) is 0 Å². The lowest BCUT2D eigenvalue weighted by Gasteiger charge is -2.33. The normalized spacial score (nSPS) is 17.4. The van der Waals surface area contributed by atoms with E-state index in [1.165, 1.54) is 11.1 Å². The van der Waals surface area contributed by atoms with Crippen LogP contribution >= 0.6 is 0 Å². The Labute approximate surface area is 232 Å². The van der Waals surface area contributed by atoms with Crippen molar-refractivity contribution >= 4 is 12.1 Å². The van der Waals surface area contributed by atoms with Crippen LogP contribution in [0.5, 0.6) is 5.88 Å². The molecule has 1 saturated heterocycles. The molecule has 0 bridgehead atoms. The third-order valence-electron chi connectivity index (χ3n) is 7.14. The molecule has 2 fully saturated rings. The molecule has 214 valence electrons. The van der Waals surface area contributed by atoms with Crippen molar-refractivity contribution in [3.05, 3.63) is 59.3 Å². The summed E-state index contributed by atoms with van der Waals surface area (Å²) in [6.07, 6.45) is 5.30. The first kappa shape index (κ1) is 30.4. The topological polar surface area (TPSA) is 119 Å². The molecule has 1 aliphatic carbocycles. The van der Waals surface area contributed by atoms with Crippen LogP contribution in [-0.4, -0.2) is 47.2 Å². The first-order valence-corrected chi connectivity index (χ1v) is 14.1. The van der Waals surface area contributed by atoms with Crippen molar-refractivity contribution in [2.75, 3.05) is 19.7 Å². The lowest BCUT2D eigenvalue weighted by atomic mass is 9.92. The van der Waals surface area contributed by atoms with Crippen molar-refractivity contribution in [2.45, 2.75) is 84.3 Å². The fraction of sp³-hybridized carbons (Fsp3) is 0.581. The van der Waals surface area contributed by atoms with E-state index in [4.69, 9.17) is 9.47 Å². The number of aromatic nitrogens is 1. The molecule has 39 heavy (non-hydrogen) atoms. The molecule has 4 rings (SSSR count). The number of carboxylic acid groups (broad SMARTS) is 1. The Morgan fingerprint density at radius 1 is 1.08 bits per heavy atom. The number of hydrogen-bond acceptors (Lipinski definition) is 6. The third kappa shape index (κ3) is 10.5. The lowest BCUT2D eigenvalue weighted by Crippen LogP contribution is -2.51. The van der Waals surface area contributed by atoms with E-state index in [1.807, 2.05) is 32.9 Å². The second-order valence-electron chi connectivity index (χ2n) is 12.0. The lowest BCUT2D eigenvalue weighted by molar-refractivity contribution is -0.420. The molecule has 2 atom stereocenters. The average molecular weight is 540 g/mol. The molecule has 8 heteroatoms. The van der Waals surface area contributed by atoms with Gasteiger partial charge in [-0.3, -0.25) is 0 Å². The Kier molecular flexibility index (Phi) is 10.7. The summed E-state index contributed by atoms with van der Waals surface area (Å²) in [5, 5.41) is 11.1. The minimum absolute atomic E-state index is 0.0255. The van der Waals surface area contributed by atoms with E-state index in [9.17, 15) is 14.7 Å². The first-order chi connectivity index (χ1) is 18.4. The SMILES string of the molecule is CC(C)(C)OC(=O)N1CCC(COc2cc([C@@H](CC(=O)[O-])C3CC3)ccn2)CC1.Cc1ccc([C@@H](C)[NH3+])cc1. The standard InChI is InChI=1S/C22H32N2O5.C9H13N/c1-22(2,3)29-21(27)24-10-7-15(8-11-24)14-28-19-12-17(6-9-23-19)18(13-20(25)26)16-4-5-16;1-7-3-5-9(6-4-7)8(2)10/h6,9,12,15-16,18H,4-5,7-8,10-11,13-14H2,1-3H3,(H,25,26);3-6,8H,10H2,1-2H3/t18-;8-/m01/s1. The number of carbonyl (C=O) groups is 2. The van der Waals surface area contributed by atoms with Crippen LogP contribution in [0.4, 0.5) is 4.79 Å². The van der Waals surface area contributed by atoms with Crippen LogP contribution in [0.1, 0.15) is 88.4 Å². The van der Waals surface area contributed by atoms with Crippen molar-refractivity contribution in [3.63, 3.8) is 0 Å². The van der Waals surface area contributed by atoms with E-state index in [1.54, 1.807) is 11.1 Å². The van der Waals surface area contributed by atoms with Gasteiger partial charge < -0.3 is 30.0 Å². The monoisotopic (exact) mass is 539 g/mol. The highest BCUT2D eigenvalue weighted by molar-refractivity contribution is 5.68. The maximum Gasteiger partial charge on any atom is 0.410 e.